The predicted molar refractivity (Wildman–Crippen MR) is 64.8 cm³/mol. The van der Waals surface area contributed by atoms with Crippen molar-refractivity contribution >= 4 is 11.9 Å². The van der Waals surface area contributed by atoms with E-state index < -0.39 is 11.5 Å². The summed E-state index contributed by atoms with van der Waals surface area (Å²) >= 11 is 0. The maximum Gasteiger partial charge on any atom is 0.329 e. The minimum absolute atomic E-state index is 0.171. The van der Waals surface area contributed by atoms with Crippen LogP contribution < -0.4 is 10.6 Å². The molecule has 17 heavy (non-hydrogen) atoms. The summed E-state index contributed by atoms with van der Waals surface area (Å²) < 4.78 is 0. The van der Waals surface area contributed by atoms with Gasteiger partial charge in [0.2, 0.25) is 5.91 Å². The van der Waals surface area contributed by atoms with Crippen LogP contribution in [0.4, 0.5) is 0 Å². The average Bonchev–Trinajstić information content (AvgIpc) is 2.30. The third kappa shape index (κ3) is 4.00. The number of rotatable bonds is 6. The standard InChI is InChI=1S/C12H22N2O3/c1-2-13-9-6-10(15)14-12(11(16)17)7-4-3-5-8-12/h13H,2-9H2,1H3,(H,14,15)(H,16,17). The van der Waals surface area contributed by atoms with E-state index >= 15 is 0 Å². The van der Waals surface area contributed by atoms with Gasteiger partial charge in [0.15, 0.2) is 0 Å². The van der Waals surface area contributed by atoms with Gasteiger partial charge in [-0.15, -0.1) is 0 Å². The number of carboxylic acid groups (broad SMARTS) is 1. The first-order chi connectivity index (χ1) is 8.10. The van der Waals surface area contributed by atoms with Gasteiger partial charge in [-0.1, -0.05) is 26.2 Å². The normalized spacial score (nSPS) is 18.6. The van der Waals surface area contributed by atoms with Crippen LogP contribution in [0.15, 0.2) is 0 Å². The highest BCUT2D eigenvalue weighted by Crippen LogP contribution is 2.28. The Balaban J connectivity index is 2.48. The molecule has 0 saturated heterocycles. The summed E-state index contributed by atoms with van der Waals surface area (Å²) in [5.74, 6) is -1.07. The molecule has 0 aromatic rings. The summed E-state index contributed by atoms with van der Waals surface area (Å²) in [4.78, 5) is 23.0. The molecule has 0 atom stereocenters. The third-order valence-electron chi connectivity index (χ3n) is 3.27. The van der Waals surface area contributed by atoms with Crippen molar-refractivity contribution in [1.82, 2.24) is 10.6 Å². The minimum atomic E-state index is -1.01. The second kappa shape index (κ2) is 6.59. The maximum absolute atomic E-state index is 11.7. The average molecular weight is 242 g/mol. The number of hydrogen-bond donors (Lipinski definition) is 3. The Kier molecular flexibility index (Phi) is 5.41. The van der Waals surface area contributed by atoms with Crippen LogP contribution in [0.5, 0.6) is 0 Å². The van der Waals surface area contributed by atoms with Crippen molar-refractivity contribution in [2.45, 2.75) is 51.0 Å². The number of carbonyl (C=O) groups excluding carboxylic acids is 1. The van der Waals surface area contributed by atoms with E-state index in [1.165, 1.54) is 0 Å². The topological polar surface area (TPSA) is 78.4 Å². The molecule has 1 aliphatic rings. The maximum atomic E-state index is 11.7. The zero-order valence-corrected chi connectivity index (χ0v) is 10.4. The fraction of sp³-hybridized carbons (Fsp3) is 0.833. The molecule has 0 unspecified atom stereocenters. The molecule has 0 bridgehead atoms. The summed E-state index contributed by atoms with van der Waals surface area (Å²) in [5, 5.41) is 15.0. The summed E-state index contributed by atoms with van der Waals surface area (Å²) in [6.45, 7) is 3.38. The Bertz CT molecular complexity index is 273. The molecule has 1 amide bonds. The molecule has 1 fully saturated rings. The molecule has 0 heterocycles. The van der Waals surface area contributed by atoms with Gasteiger partial charge in [-0.05, 0) is 19.4 Å². The van der Waals surface area contributed by atoms with E-state index in [2.05, 4.69) is 10.6 Å². The van der Waals surface area contributed by atoms with E-state index in [4.69, 9.17) is 0 Å². The molecule has 0 spiro atoms. The first kappa shape index (κ1) is 14.0. The Morgan fingerprint density at radius 2 is 1.88 bits per heavy atom. The molecular weight excluding hydrogens is 220 g/mol. The number of amides is 1. The van der Waals surface area contributed by atoms with E-state index in [9.17, 15) is 14.7 Å². The van der Waals surface area contributed by atoms with Gasteiger partial charge in [0.1, 0.15) is 5.54 Å². The van der Waals surface area contributed by atoms with Crippen LogP contribution >= 0.6 is 0 Å². The fourth-order valence-electron chi connectivity index (χ4n) is 2.26. The van der Waals surface area contributed by atoms with E-state index in [1.54, 1.807) is 0 Å². The smallest absolute Gasteiger partial charge is 0.329 e. The van der Waals surface area contributed by atoms with Crippen molar-refractivity contribution in [3.8, 4) is 0 Å². The zero-order valence-electron chi connectivity index (χ0n) is 10.4. The number of nitrogens with one attached hydrogen (secondary N) is 2. The van der Waals surface area contributed by atoms with Crippen LogP contribution in [0.1, 0.15) is 45.4 Å². The molecular formula is C12H22N2O3. The highest BCUT2D eigenvalue weighted by atomic mass is 16.4. The van der Waals surface area contributed by atoms with Crippen LogP contribution in [0, 0.1) is 0 Å². The number of aliphatic carboxylic acids is 1. The van der Waals surface area contributed by atoms with E-state index in [1.807, 2.05) is 6.92 Å². The van der Waals surface area contributed by atoms with Crippen molar-refractivity contribution in [2.75, 3.05) is 13.1 Å². The van der Waals surface area contributed by atoms with Crippen LogP contribution in [0.3, 0.4) is 0 Å². The summed E-state index contributed by atoms with van der Waals surface area (Å²) in [6, 6.07) is 0. The first-order valence-corrected chi connectivity index (χ1v) is 6.36. The van der Waals surface area contributed by atoms with Gasteiger partial charge >= 0.3 is 5.97 Å². The van der Waals surface area contributed by atoms with Crippen LogP contribution in [0.25, 0.3) is 0 Å². The molecule has 1 aliphatic carbocycles. The van der Waals surface area contributed by atoms with Gasteiger partial charge in [0, 0.05) is 13.0 Å². The minimum Gasteiger partial charge on any atom is -0.480 e. The molecule has 98 valence electrons. The SMILES string of the molecule is CCNCCC(=O)NC1(C(=O)O)CCCCC1. The van der Waals surface area contributed by atoms with Crippen molar-refractivity contribution in [2.24, 2.45) is 0 Å². The van der Waals surface area contributed by atoms with E-state index in [0.717, 1.165) is 25.8 Å². The summed E-state index contributed by atoms with van der Waals surface area (Å²) in [5.41, 5.74) is -1.01. The van der Waals surface area contributed by atoms with Gasteiger partial charge in [-0.2, -0.15) is 0 Å². The molecule has 5 nitrogen and oxygen atoms in total. The quantitative estimate of drug-likeness (QED) is 0.604. The highest BCUT2D eigenvalue weighted by molar-refractivity contribution is 5.87. The van der Waals surface area contributed by atoms with Crippen molar-refractivity contribution in [3.63, 3.8) is 0 Å². The Morgan fingerprint density at radius 1 is 1.24 bits per heavy atom. The van der Waals surface area contributed by atoms with Crippen molar-refractivity contribution in [3.05, 3.63) is 0 Å². The number of carboxylic acids is 1. The summed E-state index contributed by atoms with van der Waals surface area (Å²) in [6.07, 6.45) is 4.25. The molecule has 5 heteroatoms. The Hall–Kier alpha value is -1.10. The lowest BCUT2D eigenvalue weighted by molar-refractivity contribution is -0.149. The van der Waals surface area contributed by atoms with Crippen molar-refractivity contribution in [1.29, 1.82) is 0 Å². The molecule has 3 N–H and O–H groups in total. The van der Waals surface area contributed by atoms with Gasteiger partial charge in [-0.3, -0.25) is 4.79 Å². The molecule has 0 aliphatic heterocycles. The fourth-order valence-corrected chi connectivity index (χ4v) is 2.26. The van der Waals surface area contributed by atoms with Gasteiger partial charge in [0.25, 0.3) is 0 Å². The van der Waals surface area contributed by atoms with E-state index in [-0.39, 0.29) is 5.91 Å². The number of hydrogen-bond acceptors (Lipinski definition) is 3. The molecule has 1 saturated carbocycles. The second-order valence-corrected chi connectivity index (χ2v) is 4.60. The zero-order chi connectivity index (χ0) is 12.7. The van der Waals surface area contributed by atoms with Gasteiger partial charge in [-0.25, -0.2) is 4.79 Å². The van der Waals surface area contributed by atoms with Crippen LogP contribution in [0.2, 0.25) is 0 Å². The Morgan fingerprint density at radius 3 is 2.41 bits per heavy atom. The summed E-state index contributed by atoms with van der Waals surface area (Å²) in [7, 11) is 0. The monoisotopic (exact) mass is 242 g/mol. The van der Waals surface area contributed by atoms with Crippen LogP contribution in [-0.4, -0.2) is 35.6 Å². The Labute approximate surface area is 102 Å². The third-order valence-corrected chi connectivity index (χ3v) is 3.27. The predicted octanol–water partition coefficient (Wildman–Crippen LogP) is 0.890. The van der Waals surface area contributed by atoms with E-state index in [0.29, 0.717) is 25.8 Å². The van der Waals surface area contributed by atoms with Crippen molar-refractivity contribution < 1.29 is 14.7 Å². The van der Waals surface area contributed by atoms with Crippen LogP contribution in [-0.2, 0) is 9.59 Å². The molecule has 0 aromatic heterocycles. The number of carbonyl (C=O) groups is 2. The molecule has 0 radical (unpaired) electrons. The lowest BCUT2D eigenvalue weighted by Gasteiger charge is -2.34. The molecule has 0 aromatic carbocycles. The first-order valence-electron chi connectivity index (χ1n) is 6.36. The largest absolute Gasteiger partial charge is 0.480 e. The second-order valence-electron chi connectivity index (χ2n) is 4.60. The van der Waals surface area contributed by atoms with Gasteiger partial charge < -0.3 is 15.7 Å². The lowest BCUT2D eigenvalue weighted by atomic mass is 9.81. The highest BCUT2D eigenvalue weighted by Gasteiger charge is 2.40. The van der Waals surface area contributed by atoms with Gasteiger partial charge in [0.05, 0.1) is 0 Å². The lowest BCUT2D eigenvalue weighted by Crippen LogP contribution is -2.55. The molecule has 1 rings (SSSR count).